The van der Waals surface area contributed by atoms with Gasteiger partial charge in [-0.15, -0.1) is 0 Å². The Morgan fingerprint density at radius 1 is 1.03 bits per heavy atom. The molecule has 1 aromatic carbocycles. The zero-order valence-electron chi connectivity index (χ0n) is 19.0. The molecular formula is C25H30N2O5. The van der Waals surface area contributed by atoms with Gasteiger partial charge in [0.15, 0.2) is 0 Å². The summed E-state index contributed by atoms with van der Waals surface area (Å²) in [6, 6.07) is 4.41. The van der Waals surface area contributed by atoms with Crippen molar-refractivity contribution in [2.45, 2.75) is 71.6 Å². The minimum absolute atomic E-state index is 0.153. The van der Waals surface area contributed by atoms with Crippen LogP contribution in [0.4, 0.5) is 0 Å². The lowest BCUT2D eigenvalue weighted by molar-refractivity contribution is -0.138. The number of fused-ring (bicyclic) bond motifs is 1. The highest BCUT2D eigenvalue weighted by Gasteiger charge is 2.50. The summed E-state index contributed by atoms with van der Waals surface area (Å²) in [5, 5.41) is 3.75. The third-order valence-electron chi connectivity index (χ3n) is 8.02. The minimum Gasteiger partial charge on any atom is -0.457 e. The lowest BCUT2D eigenvalue weighted by Gasteiger charge is -2.37. The first kappa shape index (κ1) is 21.2. The zero-order valence-corrected chi connectivity index (χ0v) is 19.0. The number of rotatable bonds is 4. The fourth-order valence-corrected chi connectivity index (χ4v) is 5.91. The second kappa shape index (κ2) is 7.73. The van der Waals surface area contributed by atoms with Crippen LogP contribution in [0.15, 0.2) is 23.4 Å². The number of benzene rings is 1. The normalized spacial score (nSPS) is 28.4. The molecule has 0 radical (unpaired) electrons. The van der Waals surface area contributed by atoms with Crippen LogP contribution >= 0.6 is 0 Å². The van der Waals surface area contributed by atoms with E-state index >= 15 is 0 Å². The topological polar surface area (TPSA) is 84.9 Å². The molecule has 1 atom stereocenters. The third-order valence-corrected chi connectivity index (χ3v) is 8.02. The van der Waals surface area contributed by atoms with E-state index in [0.717, 1.165) is 48.9 Å². The van der Waals surface area contributed by atoms with Crippen molar-refractivity contribution in [2.75, 3.05) is 13.2 Å². The molecular weight excluding hydrogens is 408 g/mol. The summed E-state index contributed by atoms with van der Waals surface area (Å²) in [6.45, 7) is 7.21. The highest BCUT2D eigenvalue weighted by atomic mass is 16.5. The Balaban J connectivity index is 1.23. The second-order valence-corrected chi connectivity index (χ2v) is 9.68. The first-order valence-electron chi connectivity index (χ1n) is 11.5. The van der Waals surface area contributed by atoms with E-state index < -0.39 is 0 Å². The molecule has 170 valence electrons. The standard InChI is InChI=1S/C25H30N2O5/c1-14-18(4-5-19-20(14)12-31-23(19)29)16(3)26-17-6-8-25(9-7-17)10-11-27(24(25)30)21-13-32-22(28)15(21)2/h4-5,16-17,26H,6-13H2,1-3H3. The molecule has 1 N–H and O–H groups in total. The predicted molar refractivity (Wildman–Crippen MR) is 117 cm³/mol. The average Bonchev–Trinajstić information content (AvgIpc) is 3.42. The van der Waals surface area contributed by atoms with Crippen LogP contribution in [0, 0.1) is 12.3 Å². The zero-order chi connectivity index (χ0) is 22.6. The Morgan fingerprint density at radius 3 is 2.44 bits per heavy atom. The smallest absolute Gasteiger partial charge is 0.338 e. The summed E-state index contributed by atoms with van der Waals surface area (Å²) < 4.78 is 10.3. The van der Waals surface area contributed by atoms with E-state index in [-0.39, 0.29) is 35.9 Å². The van der Waals surface area contributed by atoms with Crippen molar-refractivity contribution in [3.8, 4) is 0 Å². The quantitative estimate of drug-likeness (QED) is 0.726. The fraction of sp³-hybridized carbons (Fsp3) is 0.560. The maximum absolute atomic E-state index is 13.3. The first-order valence-corrected chi connectivity index (χ1v) is 11.5. The Hall–Kier alpha value is -2.67. The van der Waals surface area contributed by atoms with Crippen LogP contribution in [0.3, 0.4) is 0 Å². The molecule has 0 bridgehead atoms. The lowest BCUT2D eigenvalue weighted by Crippen LogP contribution is -2.42. The molecule has 1 spiro atoms. The maximum atomic E-state index is 13.3. The van der Waals surface area contributed by atoms with E-state index in [0.29, 0.717) is 30.3 Å². The van der Waals surface area contributed by atoms with Gasteiger partial charge in [0, 0.05) is 24.2 Å². The van der Waals surface area contributed by atoms with Gasteiger partial charge < -0.3 is 19.7 Å². The van der Waals surface area contributed by atoms with Crippen LogP contribution in [0.2, 0.25) is 0 Å². The van der Waals surface area contributed by atoms with Gasteiger partial charge in [-0.2, -0.15) is 0 Å². The number of esters is 2. The predicted octanol–water partition coefficient (Wildman–Crippen LogP) is 3.31. The van der Waals surface area contributed by atoms with E-state index in [1.807, 2.05) is 12.1 Å². The summed E-state index contributed by atoms with van der Waals surface area (Å²) in [6.07, 6.45) is 4.46. The van der Waals surface area contributed by atoms with Gasteiger partial charge in [0.2, 0.25) is 5.91 Å². The van der Waals surface area contributed by atoms with E-state index in [4.69, 9.17) is 9.47 Å². The van der Waals surface area contributed by atoms with Crippen LogP contribution in [0.1, 0.15) is 79.0 Å². The van der Waals surface area contributed by atoms with Crippen LogP contribution in [0.25, 0.3) is 0 Å². The molecule has 5 rings (SSSR count). The molecule has 7 nitrogen and oxygen atoms in total. The SMILES string of the molecule is CC1=C(N2CCC3(CCC(NC(C)c4ccc5c(c4C)COC5=O)CC3)C2=O)COC1=O. The van der Waals surface area contributed by atoms with Gasteiger partial charge in [0.25, 0.3) is 0 Å². The number of cyclic esters (lactones) is 2. The number of hydrogen-bond donors (Lipinski definition) is 1. The molecule has 1 unspecified atom stereocenters. The molecule has 3 aliphatic heterocycles. The number of amides is 1. The van der Waals surface area contributed by atoms with E-state index in [1.165, 1.54) is 5.56 Å². The molecule has 1 aromatic rings. The largest absolute Gasteiger partial charge is 0.457 e. The Bertz CT molecular complexity index is 1040. The van der Waals surface area contributed by atoms with Gasteiger partial charge >= 0.3 is 11.9 Å². The highest BCUT2D eigenvalue weighted by Crippen LogP contribution is 2.46. The molecule has 4 aliphatic rings. The van der Waals surface area contributed by atoms with Gasteiger partial charge in [-0.05, 0) is 70.1 Å². The number of ether oxygens (including phenoxy) is 2. The molecule has 0 aromatic heterocycles. The number of likely N-dealkylation sites (tertiary alicyclic amines) is 1. The second-order valence-electron chi connectivity index (χ2n) is 9.68. The van der Waals surface area contributed by atoms with Crippen molar-refractivity contribution < 1.29 is 23.9 Å². The molecule has 3 heterocycles. The molecule has 1 saturated carbocycles. The van der Waals surface area contributed by atoms with Crippen molar-refractivity contribution in [3.63, 3.8) is 0 Å². The first-order chi connectivity index (χ1) is 15.3. The molecule has 1 amide bonds. The molecule has 2 fully saturated rings. The van der Waals surface area contributed by atoms with Gasteiger partial charge in [0.1, 0.15) is 13.2 Å². The fourth-order valence-electron chi connectivity index (χ4n) is 5.91. The van der Waals surface area contributed by atoms with Gasteiger partial charge in [-0.25, -0.2) is 9.59 Å². The Labute approximate surface area is 188 Å². The van der Waals surface area contributed by atoms with Crippen LogP contribution < -0.4 is 5.32 Å². The number of nitrogens with zero attached hydrogens (tertiary/aromatic N) is 1. The molecule has 1 saturated heterocycles. The van der Waals surface area contributed by atoms with Gasteiger partial charge in [0.05, 0.1) is 22.2 Å². The Kier molecular flexibility index (Phi) is 5.12. The summed E-state index contributed by atoms with van der Waals surface area (Å²) in [4.78, 5) is 38.7. The number of carbonyl (C=O) groups is 3. The van der Waals surface area contributed by atoms with Crippen LogP contribution in [0.5, 0.6) is 0 Å². The summed E-state index contributed by atoms with van der Waals surface area (Å²) in [7, 11) is 0. The summed E-state index contributed by atoms with van der Waals surface area (Å²) in [5.74, 6) is -0.383. The van der Waals surface area contributed by atoms with Crippen LogP contribution in [-0.4, -0.2) is 41.9 Å². The van der Waals surface area contributed by atoms with Crippen molar-refractivity contribution in [1.82, 2.24) is 10.2 Å². The van der Waals surface area contributed by atoms with Crippen molar-refractivity contribution in [2.24, 2.45) is 5.41 Å². The number of hydrogen-bond acceptors (Lipinski definition) is 6. The van der Waals surface area contributed by atoms with E-state index in [1.54, 1.807) is 11.8 Å². The molecule has 7 heteroatoms. The van der Waals surface area contributed by atoms with Crippen molar-refractivity contribution in [1.29, 1.82) is 0 Å². The summed E-state index contributed by atoms with van der Waals surface area (Å²) >= 11 is 0. The third kappa shape index (κ3) is 3.25. The number of nitrogens with one attached hydrogen (secondary N) is 1. The summed E-state index contributed by atoms with van der Waals surface area (Å²) in [5.41, 5.74) is 5.01. The van der Waals surface area contributed by atoms with Gasteiger partial charge in [-0.3, -0.25) is 4.79 Å². The monoisotopic (exact) mass is 438 g/mol. The molecule has 32 heavy (non-hydrogen) atoms. The van der Waals surface area contributed by atoms with Crippen molar-refractivity contribution in [3.05, 3.63) is 45.7 Å². The number of carbonyl (C=O) groups excluding carboxylic acids is 3. The minimum atomic E-state index is -0.312. The van der Waals surface area contributed by atoms with Gasteiger partial charge in [-0.1, -0.05) is 6.07 Å². The lowest BCUT2D eigenvalue weighted by atomic mass is 9.71. The van der Waals surface area contributed by atoms with Crippen molar-refractivity contribution >= 4 is 17.8 Å². The average molecular weight is 439 g/mol. The maximum Gasteiger partial charge on any atom is 0.338 e. The Morgan fingerprint density at radius 2 is 1.75 bits per heavy atom. The van der Waals surface area contributed by atoms with E-state index in [2.05, 4.69) is 19.2 Å². The van der Waals surface area contributed by atoms with Crippen LogP contribution in [-0.2, 0) is 25.7 Å². The van der Waals surface area contributed by atoms with E-state index in [9.17, 15) is 14.4 Å². The highest BCUT2D eigenvalue weighted by molar-refractivity contribution is 5.94. The molecule has 1 aliphatic carbocycles.